The van der Waals surface area contributed by atoms with E-state index in [-0.39, 0.29) is 16.2 Å². The summed E-state index contributed by atoms with van der Waals surface area (Å²) in [6.45, 7) is 6.51. The molecule has 5 nitrogen and oxygen atoms in total. The molecule has 6 heteroatoms. The summed E-state index contributed by atoms with van der Waals surface area (Å²) in [5, 5.41) is 0. The van der Waals surface area contributed by atoms with Crippen molar-refractivity contribution in [1.29, 1.82) is 0 Å². The molecular weight excluding hydrogens is 432 g/mol. The average molecular weight is 459 g/mol. The number of carbonyl (C=O) groups excluding carboxylic acids is 1. The van der Waals surface area contributed by atoms with Crippen LogP contribution in [0.15, 0.2) is 77.7 Å². The maximum atomic E-state index is 11.8. The standard InChI is InChI=1S/C16H18.C11H8N2O3S/c1-12-4-8-15(9-5-12)14(3)16-10-6-13(2)7-11-16;1-17(15,16)10-4-2-3-8-7(10)5-6-9(13-12)11(8)14/h4-11,14H,1-3H3;2-6H,1H3. The molecule has 0 bridgehead atoms. The number of ketones is 1. The highest BCUT2D eigenvalue weighted by atomic mass is 32.2. The number of benzene rings is 3. The minimum absolute atomic E-state index is 0.0941. The summed E-state index contributed by atoms with van der Waals surface area (Å²) < 4.78 is 23.1. The number of hydrogen-bond donors (Lipinski definition) is 0. The van der Waals surface area contributed by atoms with Crippen molar-refractivity contribution >= 4 is 27.4 Å². The van der Waals surface area contributed by atoms with Gasteiger partial charge in [0.15, 0.2) is 9.84 Å². The molecule has 3 aromatic carbocycles. The smallest absolute Gasteiger partial charge is 0.361 e. The highest BCUT2D eigenvalue weighted by Crippen LogP contribution is 2.25. The predicted molar refractivity (Wildman–Crippen MR) is 131 cm³/mol. The lowest BCUT2D eigenvalue weighted by molar-refractivity contribution is -0.00436. The van der Waals surface area contributed by atoms with Gasteiger partial charge in [-0.3, -0.25) is 4.79 Å². The zero-order valence-corrected chi connectivity index (χ0v) is 19.9. The van der Waals surface area contributed by atoms with Crippen molar-refractivity contribution in [3.05, 3.63) is 112 Å². The molecule has 3 aromatic rings. The van der Waals surface area contributed by atoms with Gasteiger partial charge in [0.05, 0.1) is 4.90 Å². The number of fused-ring (bicyclic) bond motifs is 1. The van der Waals surface area contributed by atoms with Crippen LogP contribution in [0.5, 0.6) is 0 Å². The lowest BCUT2D eigenvalue weighted by atomic mass is 9.92. The third-order valence-corrected chi connectivity index (χ3v) is 6.77. The van der Waals surface area contributed by atoms with Crippen LogP contribution < -0.4 is 0 Å². The molecule has 0 radical (unpaired) electrons. The summed E-state index contributed by atoms with van der Waals surface area (Å²) in [5.41, 5.74) is 14.5. The number of rotatable bonds is 3. The molecule has 0 atom stereocenters. The number of hydrogen-bond acceptors (Lipinski definition) is 3. The van der Waals surface area contributed by atoms with E-state index in [1.165, 1.54) is 52.6 Å². The van der Waals surface area contributed by atoms with E-state index in [2.05, 4.69) is 74.1 Å². The fraction of sp³-hybridized carbons (Fsp3) is 0.185. The van der Waals surface area contributed by atoms with Crippen LogP contribution in [-0.2, 0) is 9.84 Å². The van der Waals surface area contributed by atoms with E-state index in [1.807, 2.05) is 0 Å². The van der Waals surface area contributed by atoms with Gasteiger partial charge in [-0.25, -0.2) is 8.42 Å². The van der Waals surface area contributed by atoms with Gasteiger partial charge in [0.2, 0.25) is 0 Å². The Morgan fingerprint density at radius 3 is 1.79 bits per heavy atom. The van der Waals surface area contributed by atoms with Crippen LogP contribution in [0.1, 0.15) is 51.0 Å². The fourth-order valence-electron chi connectivity index (χ4n) is 3.59. The molecule has 168 valence electrons. The molecule has 1 aliphatic rings. The van der Waals surface area contributed by atoms with E-state index in [1.54, 1.807) is 0 Å². The molecule has 0 saturated heterocycles. The van der Waals surface area contributed by atoms with E-state index in [4.69, 9.17) is 5.53 Å². The summed E-state index contributed by atoms with van der Waals surface area (Å²) >= 11 is 0. The second-order valence-corrected chi connectivity index (χ2v) is 10.2. The maximum absolute atomic E-state index is 11.8. The molecule has 0 fully saturated rings. The number of nitrogens with zero attached hydrogens (tertiary/aromatic N) is 2. The van der Waals surface area contributed by atoms with Gasteiger partial charge < -0.3 is 5.53 Å². The Balaban J connectivity index is 0.000000186. The van der Waals surface area contributed by atoms with Crippen molar-refractivity contribution in [2.75, 3.05) is 6.26 Å². The number of allylic oxidation sites excluding steroid dienone is 1. The van der Waals surface area contributed by atoms with Crippen molar-refractivity contribution in [2.24, 2.45) is 0 Å². The summed E-state index contributed by atoms with van der Waals surface area (Å²) in [5.74, 6) is -0.0169. The van der Waals surface area contributed by atoms with Crippen LogP contribution >= 0.6 is 0 Å². The highest BCUT2D eigenvalue weighted by Gasteiger charge is 2.28. The minimum atomic E-state index is -3.40. The third-order valence-electron chi connectivity index (χ3n) is 5.61. The molecule has 1 aliphatic carbocycles. The van der Waals surface area contributed by atoms with Gasteiger partial charge in [-0.15, -0.1) is 0 Å². The summed E-state index contributed by atoms with van der Waals surface area (Å²) in [6.07, 6.45) is 3.83. The first-order valence-corrected chi connectivity index (χ1v) is 12.4. The zero-order valence-electron chi connectivity index (χ0n) is 19.1. The molecule has 0 unspecified atom stereocenters. The summed E-state index contributed by atoms with van der Waals surface area (Å²) in [6, 6.07) is 22.0. The molecule has 4 rings (SSSR count). The number of Topliss-reactive ketones (excluding diaryl/α,β-unsaturated/α-hetero) is 1. The number of sulfone groups is 1. The Hall–Kier alpha value is -3.60. The number of aryl methyl sites for hydroxylation is 2. The van der Waals surface area contributed by atoms with E-state index in [0.29, 0.717) is 11.5 Å². The number of carbonyl (C=O) groups is 1. The van der Waals surface area contributed by atoms with Crippen molar-refractivity contribution in [3.63, 3.8) is 0 Å². The topological polar surface area (TPSA) is 87.6 Å². The van der Waals surface area contributed by atoms with Crippen molar-refractivity contribution in [1.82, 2.24) is 0 Å². The lowest BCUT2D eigenvalue weighted by Gasteiger charge is -2.12. The first-order valence-electron chi connectivity index (χ1n) is 10.5. The Labute approximate surface area is 195 Å². The van der Waals surface area contributed by atoms with Crippen LogP contribution in [0.4, 0.5) is 0 Å². The Bertz CT molecular complexity index is 1320. The molecule has 0 heterocycles. The normalized spacial score (nSPS) is 12.6. The average Bonchev–Trinajstić information content (AvgIpc) is 2.79. The van der Waals surface area contributed by atoms with Gasteiger partial charge in [0.25, 0.3) is 5.78 Å². The van der Waals surface area contributed by atoms with Crippen molar-refractivity contribution < 1.29 is 18.0 Å². The quantitative estimate of drug-likeness (QED) is 0.387. The molecule has 0 aliphatic heterocycles. The molecule has 0 saturated carbocycles. The van der Waals surface area contributed by atoms with Crippen LogP contribution in [-0.4, -0.2) is 31.0 Å². The van der Waals surface area contributed by atoms with E-state index >= 15 is 0 Å². The van der Waals surface area contributed by atoms with Crippen LogP contribution in [0.3, 0.4) is 0 Å². The first-order chi connectivity index (χ1) is 15.6. The molecule has 0 amide bonds. The Kier molecular flexibility index (Phi) is 7.22. The van der Waals surface area contributed by atoms with E-state index in [0.717, 1.165) is 6.26 Å². The van der Waals surface area contributed by atoms with Gasteiger partial charge in [0, 0.05) is 29.4 Å². The molecule has 0 spiro atoms. The summed E-state index contributed by atoms with van der Waals surface area (Å²) in [4.78, 5) is 14.7. The Morgan fingerprint density at radius 2 is 1.33 bits per heavy atom. The van der Waals surface area contributed by atoms with Gasteiger partial charge in [-0.2, -0.15) is 4.79 Å². The second-order valence-electron chi connectivity index (χ2n) is 8.18. The van der Waals surface area contributed by atoms with Crippen LogP contribution in [0, 0.1) is 13.8 Å². The largest absolute Gasteiger partial charge is 0.362 e. The summed E-state index contributed by atoms with van der Waals surface area (Å²) in [7, 11) is -3.40. The van der Waals surface area contributed by atoms with Gasteiger partial charge in [-0.05, 0) is 37.1 Å². The van der Waals surface area contributed by atoms with Crippen LogP contribution in [0.2, 0.25) is 0 Å². The highest BCUT2D eigenvalue weighted by molar-refractivity contribution is 7.90. The third kappa shape index (κ3) is 5.61. The lowest BCUT2D eigenvalue weighted by Crippen LogP contribution is -2.19. The minimum Gasteiger partial charge on any atom is -0.361 e. The van der Waals surface area contributed by atoms with Gasteiger partial charge in [-0.1, -0.05) is 78.7 Å². The van der Waals surface area contributed by atoms with E-state index in [9.17, 15) is 13.2 Å². The van der Waals surface area contributed by atoms with Crippen molar-refractivity contribution in [3.8, 4) is 0 Å². The monoisotopic (exact) mass is 458 g/mol. The zero-order chi connectivity index (χ0) is 24.2. The predicted octanol–water partition coefficient (Wildman–Crippen LogP) is 5.43. The van der Waals surface area contributed by atoms with E-state index < -0.39 is 15.6 Å². The second kappa shape index (κ2) is 9.90. The van der Waals surface area contributed by atoms with Gasteiger partial charge in [0.1, 0.15) is 0 Å². The SMILES string of the molecule is CS(=O)(=O)c1cccc2c1C=CC(=[N+]=[N-])C2=O.Cc1ccc(C(C)c2ccc(C)cc2)cc1. The molecule has 0 aromatic heterocycles. The van der Waals surface area contributed by atoms with Gasteiger partial charge >= 0.3 is 5.71 Å². The fourth-order valence-corrected chi connectivity index (χ4v) is 4.50. The first kappa shape index (κ1) is 24.1. The van der Waals surface area contributed by atoms with Crippen molar-refractivity contribution in [2.45, 2.75) is 31.6 Å². The van der Waals surface area contributed by atoms with Crippen LogP contribution in [0.25, 0.3) is 11.6 Å². The Morgan fingerprint density at radius 1 is 0.818 bits per heavy atom. The molecule has 33 heavy (non-hydrogen) atoms. The maximum Gasteiger partial charge on any atom is 0.362 e. The molecule has 0 N–H and O–H groups in total. The molecular formula is C27H26N2O3S.